The quantitative estimate of drug-likeness (QED) is 0.765. The summed E-state index contributed by atoms with van der Waals surface area (Å²) in [5, 5.41) is 0.577. The van der Waals surface area contributed by atoms with Crippen LogP contribution in [-0.2, 0) is 9.59 Å². The number of methoxy groups -OCH3 is 1. The molecular formula is C17H25ClN2O3. The van der Waals surface area contributed by atoms with Gasteiger partial charge in [-0.05, 0) is 32.4 Å². The highest BCUT2D eigenvalue weighted by atomic mass is 35.5. The summed E-state index contributed by atoms with van der Waals surface area (Å²) in [4.78, 5) is 27.5. The predicted octanol–water partition coefficient (Wildman–Crippen LogP) is 3.27. The van der Waals surface area contributed by atoms with Crippen LogP contribution in [0.3, 0.4) is 0 Å². The van der Waals surface area contributed by atoms with E-state index in [2.05, 4.69) is 0 Å². The van der Waals surface area contributed by atoms with E-state index in [0.717, 1.165) is 5.56 Å². The highest BCUT2D eigenvalue weighted by Gasteiger charge is 2.20. The van der Waals surface area contributed by atoms with Crippen LogP contribution in [0, 0.1) is 6.92 Å². The Hall–Kier alpha value is -1.75. The minimum Gasteiger partial charge on any atom is -0.495 e. The SMILES string of the molecule is CCN(CC)C(=O)CCN(C(C)=O)c1cc(C)c(Cl)cc1OC. The molecule has 5 nitrogen and oxygen atoms in total. The lowest BCUT2D eigenvalue weighted by atomic mass is 10.1. The summed E-state index contributed by atoms with van der Waals surface area (Å²) >= 11 is 6.11. The van der Waals surface area contributed by atoms with E-state index in [4.69, 9.17) is 16.3 Å². The minimum atomic E-state index is -0.141. The first-order chi connectivity index (χ1) is 10.8. The molecule has 0 bridgehead atoms. The smallest absolute Gasteiger partial charge is 0.224 e. The summed E-state index contributed by atoms with van der Waals surface area (Å²) in [7, 11) is 1.53. The maximum Gasteiger partial charge on any atom is 0.224 e. The number of aryl methyl sites for hydroxylation is 1. The van der Waals surface area contributed by atoms with Crippen molar-refractivity contribution in [3.63, 3.8) is 0 Å². The number of benzene rings is 1. The molecule has 1 aromatic rings. The summed E-state index contributed by atoms with van der Waals surface area (Å²) < 4.78 is 5.34. The van der Waals surface area contributed by atoms with Gasteiger partial charge < -0.3 is 14.5 Å². The zero-order valence-electron chi connectivity index (χ0n) is 14.5. The Balaban J connectivity index is 3.02. The van der Waals surface area contributed by atoms with Gasteiger partial charge in [-0.15, -0.1) is 0 Å². The van der Waals surface area contributed by atoms with Crippen molar-refractivity contribution in [2.75, 3.05) is 31.6 Å². The number of carbonyl (C=O) groups excluding carboxylic acids is 2. The van der Waals surface area contributed by atoms with Crippen molar-refractivity contribution in [3.8, 4) is 5.75 Å². The summed E-state index contributed by atoms with van der Waals surface area (Å²) in [6, 6.07) is 3.50. The van der Waals surface area contributed by atoms with Gasteiger partial charge in [0.05, 0.1) is 12.8 Å². The van der Waals surface area contributed by atoms with Crippen LogP contribution in [0.15, 0.2) is 12.1 Å². The summed E-state index contributed by atoms with van der Waals surface area (Å²) in [5.41, 5.74) is 1.48. The average molecular weight is 341 g/mol. The van der Waals surface area contributed by atoms with Gasteiger partial charge in [0, 0.05) is 44.1 Å². The molecule has 0 saturated carbocycles. The second-order valence-electron chi connectivity index (χ2n) is 5.26. The van der Waals surface area contributed by atoms with Crippen molar-refractivity contribution >= 4 is 29.1 Å². The number of carbonyl (C=O) groups is 2. The molecule has 0 N–H and O–H groups in total. The number of rotatable bonds is 7. The predicted molar refractivity (Wildman–Crippen MR) is 93.3 cm³/mol. The molecule has 2 amide bonds. The van der Waals surface area contributed by atoms with E-state index in [9.17, 15) is 9.59 Å². The van der Waals surface area contributed by atoms with Crippen LogP contribution in [0.25, 0.3) is 0 Å². The lowest BCUT2D eigenvalue weighted by Crippen LogP contribution is -2.36. The van der Waals surface area contributed by atoms with Crippen LogP contribution < -0.4 is 9.64 Å². The molecule has 23 heavy (non-hydrogen) atoms. The van der Waals surface area contributed by atoms with Crippen LogP contribution in [0.2, 0.25) is 5.02 Å². The third-order valence-electron chi connectivity index (χ3n) is 3.80. The van der Waals surface area contributed by atoms with Gasteiger partial charge in [0.25, 0.3) is 0 Å². The van der Waals surface area contributed by atoms with Gasteiger partial charge in [0.15, 0.2) is 0 Å². The molecule has 0 aliphatic carbocycles. The molecule has 1 rings (SSSR count). The maximum atomic E-state index is 12.2. The number of hydrogen-bond acceptors (Lipinski definition) is 3. The average Bonchev–Trinajstić information content (AvgIpc) is 2.51. The van der Waals surface area contributed by atoms with Gasteiger partial charge in [-0.25, -0.2) is 0 Å². The number of ether oxygens (including phenoxy) is 1. The molecule has 0 saturated heterocycles. The van der Waals surface area contributed by atoms with Crippen molar-refractivity contribution in [2.24, 2.45) is 0 Å². The first-order valence-corrected chi connectivity index (χ1v) is 8.13. The number of hydrogen-bond donors (Lipinski definition) is 0. The third-order valence-corrected chi connectivity index (χ3v) is 4.20. The van der Waals surface area contributed by atoms with Crippen LogP contribution in [0.5, 0.6) is 5.75 Å². The van der Waals surface area contributed by atoms with E-state index in [1.54, 1.807) is 15.9 Å². The fourth-order valence-electron chi connectivity index (χ4n) is 2.41. The number of nitrogens with zero attached hydrogens (tertiary/aromatic N) is 2. The molecule has 0 aliphatic rings. The van der Waals surface area contributed by atoms with E-state index < -0.39 is 0 Å². The highest BCUT2D eigenvalue weighted by molar-refractivity contribution is 6.31. The van der Waals surface area contributed by atoms with Crippen molar-refractivity contribution in [3.05, 3.63) is 22.7 Å². The number of anilines is 1. The lowest BCUT2D eigenvalue weighted by Gasteiger charge is -2.25. The van der Waals surface area contributed by atoms with Gasteiger partial charge in [0.1, 0.15) is 5.75 Å². The molecule has 128 valence electrons. The van der Waals surface area contributed by atoms with Gasteiger partial charge >= 0.3 is 0 Å². The van der Waals surface area contributed by atoms with Crippen molar-refractivity contribution in [2.45, 2.75) is 34.1 Å². The fraction of sp³-hybridized carbons (Fsp3) is 0.529. The zero-order chi connectivity index (χ0) is 17.6. The van der Waals surface area contributed by atoms with Crippen LogP contribution in [0.1, 0.15) is 32.8 Å². The molecule has 0 fully saturated rings. The Bertz CT molecular complexity index is 571. The van der Waals surface area contributed by atoms with E-state index in [0.29, 0.717) is 36.1 Å². The van der Waals surface area contributed by atoms with Crippen LogP contribution in [-0.4, -0.2) is 43.5 Å². The van der Waals surface area contributed by atoms with Crippen LogP contribution >= 0.6 is 11.6 Å². The third kappa shape index (κ3) is 4.86. The van der Waals surface area contributed by atoms with E-state index in [1.165, 1.54) is 14.0 Å². The van der Waals surface area contributed by atoms with Crippen LogP contribution in [0.4, 0.5) is 5.69 Å². The van der Waals surface area contributed by atoms with Gasteiger partial charge in [-0.3, -0.25) is 9.59 Å². The molecule has 0 aromatic heterocycles. The van der Waals surface area contributed by atoms with E-state index in [-0.39, 0.29) is 18.2 Å². The Morgan fingerprint density at radius 1 is 1.22 bits per heavy atom. The molecule has 0 spiro atoms. The summed E-state index contributed by atoms with van der Waals surface area (Å²) in [6.45, 7) is 8.86. The first kappa shape index (κ1) is 19.3. The van der Waals surface area contributed by atoms with E-state index >= 15 is 0 Å². The maximum absolute atomic E-state index is 12.2. The Labute approximate surface area is 143 Å². The molecular weight excluding hydrogens is 316 g/mol. The lowest BCUT2D eigenvalue weighted by molar-refractivity contribution is -0.130. The first-order valence-electron chi connectivity index (χ1n) is 7.75. The number of halogens is 1. The summed E-state index contributed by atoms with van der Waals surface area (Å²) in [6.07, 6.45) is 0.270. The second kappa shape index (κ2) is 8.77. The second-order valence-corrected chi connectivity index (χ2v) is 5.67. The molecule has 0 heterocycles. The van der Waals surface area contributed by atoms with Gasteiger partial charge in [-0.2, -0.15) is 0 Å². The Morgan fingerprint density at radius 2 is 1.83 bits per heavy atom. The molecule has 1 aromatic carbocycles. The molecule has 0 unspecified atom stereocenters. The Kier molecular flexibility index (Phi) is 7.36. The topological polar surface area (TPSA) is 49.9 Å². The van der Waals surface area contributed by atoms with E-state index in [1.807, 2.05) is 26.8 Å². The summed E-state index contributed by atoms with van der Waals surface area (Å²) in [5.74, 6) is 0.411. The molecule has 0 radical (unpaired) electrons. The van der Waals surface area contributed by atoms with Gasteiger partial charge in [-0.1, -0.05) is 11.6 Å². The minimum absolute atomic E-state index is 0.0332. The number of amides is 2. The Morgan fingerprint density at radius 3 is 2.30 bits per heavy atom. The van der Waals surface area contributed by atoms with Gasteiger partial charge in [0.2, 0.25) is 11.8 Å². The largest absolute Gasteiger partial charge is 0.495 e. The fourth-order valence-corrected chi connectivity index (χ4v) is 2.57. The highest BCUT2D eigenvalue weighted by Crippen LogP contribution is 2.34. The monoisotopic (exact) mass is 340 g/mol. The molecule has 6 heteroatoms. The zero-order valence-corrected chi connectivity index (χ0v) is 15.2. The molecule has 0 atom stereocenters. The molecule has 0 aliphatic heterocycles. The van der Waals surface area contributed by atoms with Crippen molar-refractivity contribution in [1.82, 2.24) is 4.90 Å². The van der Waals surface area contributed by atoms with Crippen molar-refractivity contribution < 1.29 is 14.3 Å². The van der Waals surface area contributed by atoms with Crippen molar-refractivity contribution in [1.29, 1.82) is 0 Å². The standard InChI is InChI=1S/C17H25ClN2O3/c1-6-19(7-2)17(22)8-9-20(13(4)21)15-10-12(3)14(18)11-16(15)23-5/h10-11H,6-9H2,1-5H3. The normalized spacial score (nSPS) is 10.3.